The fourth-order valence-electron chi connectivity index (χ4n) is 3.74. The van der Waals surface area contributed by atoms with Crippen molar-refractivity contribution >= 4 is 28.6 Å². The first-order valence-electron chi connectivity index (χ1n) is 10.0. The molecule has 2 aromatic heterocycles. The average molecular weight is 411 g/mol. The molecule has 1 N–H and O–H groups in total. The fraction of sp³-hybridized carbons (Fsp3) is 0.409. The minimum Gasteiger partial charge on any atom is -0.451 e. The second-order valence-electron chi connectivity index (χ2n) is 7.68. The number of furan rings is 1. The summed E-state index contributed by atoms with van der Waals surface area (Å²) < 4.78 is 5.95. The molecule has 0 bridgehead atoms. The van der Waals surface area contributed by atoms with Crippen LogP contribution in [0.2, 0.25) is 0 Å². The van der Waals surface area contributed by atoms with E-state index in [1.54, 1.807) is 18.5 Å². The van der Waals surface area contributed by atoms with Gasteiger partial charge in [0.25, 0.3) is 5.91 Å². The third-order valence-electron chi connectivity index (χ3n) is 5.39. The SMILES string of the molecule is CC(C)N1CCC(CNC(=O)c2oc3ccccc3c2CSc2ncccn2)C1. The van der Waals surface area contributed by atoms with E-state index in [1.165, 1.54) is 11.8 Å². The lowest BCUT2D eigenvalue weighted by Gasteiger charge is -2.20. The Morgan fingerprint density at radius 1 is 1.28 bits per heavy atom. The number of amides is 1. The number of nitrogens with zero attached hydrogens (tertiary/aromatic N) is 3. The summed E-state index contributed by atoms with van der Waals surface area (Å²) in [5.74, 6) is 1.32. The zero-order chi connectivity index (χ0) is 20.2. The molecule has 7 heteroatoms. The van der Waals surface area contributed by atoms with E-state index in [0.717, 1.165) is 36.0 Å². The highest BCUT2D eigenvalue weighted by molar-refractivity contribution is 7.98. The van der Waals surface area contributed by atoms with Gasteiger partial charge in [0.15, 0.2) is 10.9 Å². The zero-order valence-electron chi connectivity index (χ0n) is 16.8. The first-order chi connectivity index (χ1) is 14.1. The maximum atomic E-state index is 13.0. The second kappa shape index (κ2) is 8.97. The largest absolute Gasteiger partial charge is 0.451 e. The van der Waals surface area contributed by atoms with Crippen molar-refractivity contribution in [2.45, 2.75) is 37.2 Å². The van der Waals surface area contributed by atoms with Crippen LogP contribution in [0.25, 0.3) is 11.0 Å². The molecule has 3 heterocycles. The highest BCUT2D eigenvalue weighted by atomic mass is 32.2. The second-order valence-corrected chi connectivity index (χ2v) is 8.62. The van der Waals surface area contributed by atoms with E-state index >= 15 is 0 Å². The molecule has 152 valence electrons. The first kappa shape index (κ1) is 19.9. The number of nitrogens with one attached hydrogen (secondary N) is 1. The summed E-state index contributed by atoms with van der Waals surface area (Å²) >= 11 is 1.50. The Balaban J connectivity index is 1.48. The molecule has 6 nitrogen and oxygen atoms in total. The predicted molar refractivity (Wildman–Crippen MR) is 115 cm³/mol. The van der Waals surface area contributed by atoms with Crippen molar-refractivity contribution in [1.29, 1.82) is 0 Å². The highest BCUT2D eigenvalue weighted by Crippen LogP contribution is 2.31. The minimum absolute atomic E-state index is 0.145. The van der Waals surface area contributed by atoms with Crippen molar-refractivity contribution in [3.8, 4) is 0 Å². The van der Waals surface area contributed by atoms with Crippen LogP contribution in [0.3, 0.4) is 0 Å². The number of aromatic nitrogens is 2. The summed E-state index contributed by atoms with van der Waals surface area (Å²) in [7, 11) is 0. The number of carbonyl (C=O) groups is 1. The molecular formula is C22H26N4O2S. The molecule has 0 aliphatic carbocycles. The number of likely N-dealkylation sites (tertiary alicyclic amines) is 1. The number of hydrogen-bond donors (Lipinski definition) is 1. The number of para-hydroxylation sites is 1. The average Bonchev–Trinajstić information content (AvgIpc) is 3.36. The first-order valence-corrected chi connectivity index (χ1v) is 11.0. The lowest BCUT2D eigenvalue weighted by Crippen LogP contribution is -2.33. The highest BCUT2D eigenvalue weighted by Gasteiger charge is 2.26. The third kappa shape index (κ3) is 4.62. The van der Waals surface area contributed by atoms with E-state index in [9.17, 15) is 4.79 Å². The van der Waals surface area contributed by atoms with E-state index in [-0.39, 0.29) is 5.91 Å². The standard InChI is InChI=1S/C22H26N4O2S/c1-15(2)26-11-8-16(13-26)12-25-21(27)20-18(14-29-22-23-9-5-10-24-22)17-6-3-4-7-19(17)28-20/h3-7,9-10,15-16H,8,11-14H2,1-2H3,(H,25,27). The maximum absolute atomic E-state index is 13.0. The summed E-state index contributed by atoms with van der Waals surface area (Å²) in [4.78, 5) is 23.9. The van der Waals surface area contributed by atoms with Crippen LogP contribution < -0.4 is 5.32 Å². The van der Waals surface area contributed by atoms with Gasteiger partial charge in [-0.15, -0.1) is 0 Å². The molecule has 1 amide bonds. The van der Waals surface area contributed by atoms with Crippen LogP contribution in [0, 0.1) is 5.92 Å². The van der Waals surface area contributed by atoms with Crippen molar-refractivity contribution < 1.29 is 9.21 Å². The molecule has 1 unspecified atom stereocenters. The molecule has 1 aliphatic rings. The number of hydrogen-bond acceptors (Lipinski definition) is 6. The predicted octanol–water partition coefficient (Wildman–Crippen LogP) is 3.98. The van der Waals surface area contributed by atoms with Gasteiger partial charge in [0, 0.05) is 48.2 Å². The van der Waals surface area contributed by atoms with Gasteiger partial charge in [-0.05, 0) is 44.9 Å². The van der Waals surface area contributed by atoms with Gasteiger partial charge in [0.05, 0.1) is 0 Å². The van der Waals surface area contributed by atoms with E-state index in [0.29, 0.717) is 35.2 Å². The molecule has 0 spiro atoms. The van der Waals surface area contributed by atoms with E-state index in [2.05, 4.69) is 34.0 Å². The number of rotatable bonds is 7. The monoisotopic (exact) mass is 410 g/mol. The zero-order valence-corrected chi connectivity index (χ0v) is 17.6. The van der Waals surface area contributed by atoms with E-state index < -0.39 is 0 Å². The quantitative estimate of drug-likeness (QED) is 0.469. The van der Waals surface area contributed by atoms with Gasteiger partial charge in [0.2, 0.25) is 0 Å². The molecular weight excluding hydrogens is 384 g/mol. The Hall–Kier alpha value is -2.38. The number of carbonyl (C=O) groups excluding carboxylic acids is 1. The molecule has 3 aromatic rings. The molecule has 1 fully saturated rings. The Labute approximate surface area is 175 Å². The molecule has 1 atom stereocenters. The van der Waals surface area contributed by atoms with Crippen LogP contribution in [0.4, 0.5) is 0 Å². The van der Waals surface area contributed by atoms with Crippen LogP contribution in [0.5, 0.6) is 0 Å². The van der Waals surface area contributed by atoms with Crippen molar-refractivity contribution in [2.75, 3.05) is 19.6 Å². The summed E-state index contributed by atoms with van der Waals surface area (Å²) in [5.41, 5.74) is 1.62. The number of thioether (sulfide) groups is 1. The van der Waals surface area contributed by atoms with Crippen LogP contribution in [-0.2, 0) is 5.75 Å². The van der Waals surface area contributed by atoms with Crippen molar-refractivity contribution in [3.63, 3.8) is 0 Å². The molecule has 1 aromatic carbocycles. The molecule has 0 radical (unpaired) electrons. The van der Waals surface area contributed by atoms with Crippen molar-refractivity contribution in [1.82, 2.24) is 20.2 Å². The summed E-state index contributed by atoms with van der Waals surface area (Å²) in [6.45, 7) is 7.24. The Kier molecular flexibility index (Phi) is 6.16. The molecule has 1 saturated heterocycles. The smallest absolute Gasteiger partial charge is 0.287 e. The van der Waals surface area contributed by atoms with Gasteiger partial charge in [-0.25, -0.2) is 9.97 Å². The maximum Gasteiger partial charge on any atom is 0.287 e. The van der Waals surface area contributed by atoms with Crippen LogP contribution >= 0.6 is 11.8 Å². The summed E-state index contributed by atoms with van der Waals surface area (Å²) in [6, 6.07) is 10.1. The number of fused-ring (bicyclic) bond motifs is 1. The van der Waals surface area contributed by atoms with E-state index in [1.807, 2.05) is 24.3 Å². The molecule has 1 aliphatic heterocycles. The van der Waals surface area contributed by atoms with Gasteiger partial charge in [0.1, 0.15) is 5.58 Å². The fourth-order valence-corrected chi connectivity index (χ4v) is 4.57. The van der Waals surface area contributed by atoms with Crippen molar-refractivity contribution in [2.24, 2.45) is 5.92 Å². The molecule has 4 rings (SSSR count). The Morgan fingerprint density at radius 2 is 2.07 bits per heavy atom. The van der Waals surface area contributed by atoms with Gasteiger partial charge in [-0.2, -0.15) is 0 Å². The third-order valence-corrected chi connectivity index (χ3v) is 6.29. The lowest BCUT2D eigenvalue weighted by molar-refractivity contribution is 0.0920. The van der Waals surface area contributed by atoms with E-state index in [4.69, 9.17) is 4.42 Å². The molecule has 0 saturated carbocycles. The summed E-state index contributed by atoms with van der Waals surface area (Å²) in [5, 5.41) is 4.75. The molecule has 29 heavy (non-hydrogen) atoms. The minimum atomic E-state index is -0.145. The van der Waals surface area contributed by atoms with Crippen LogP contribution in [0.1, 0.15) is 36.4 Å². The van der Waals surface area contributed by atoms with Crippen molar-refractivity contribution in [3.05, 3.63) is 54.0 Å². The topological polar surface area (TPSA) is 71.3 Å². The van der Waals surface area contributed by atoms with Gasteiger partial charge in [-0.1, -0.05) is 30.0 Å². The van der Waals surface area contributed by atoms with Gasteiger partial charge >= 0.3 is 0 Å². The number of benzene rings is 1. The normalized spacial score (nSPS) is 17.3. The lowest BCUT2D eigenvalue weighted by atomic mass is 10.1. The van der Waals surface area contributed by atoms with Gasteiger partial charge in [-0.3, -0.25) is 4.79 Å². The Morgan fingerprint density at radius 3 is 2.83 bits per heavy atom. The summed E-state index contributed by atoms with van der Waals surface area (Å²) in [6.07, 6.45) is 4.56. The van der Waals surface area contributed by atoms with Crippen LogP contribution in [-0.4, -0.2) is 46.5 Å². The van der Waals surface area contributed by atoms with Gasteiger partial charge < -0.3 is 14.6 Å². The van der Waals surface area contributed by atoms with Crippen LogP contribution in [0.15, 0.2) is 52.3 Å². The Bertz CT molecular complexity index is 973.